The first kappa shape index (κ1) is 10.1. The molecule has 0 aromatic heterocycles. The molecule has 2 aliphatic rings. The van der Waals surface area contributed by atoms with Crippen molar-refractivity contribution in [3.8, 4) is 0 Å². The summed E-state index contributed by atoms with van der Waals surface area (Å²) in [4.78, 5) is 11.6. The minimum atomic E-state index is -0.134. The third-order valence-corrected chi connectivity index (χ3v) is 2.70. The van der Waals surface area contributed by atoms with Gasteiger partial charge in [-0.3, -0.25) is 9.10 Å². The lowest BCUT2D eigenvalue weighted by atomic mass is 10.1. The van der Waals surface area contributed by atoms with E-state index < -0.39 is 0 Å². The highest BCUT2D eigenvalue weighted by Gasteiger charge is 2.18. The van der Waals surface area contributed by atoms with E-state index in [4.69, 9.17) is 4.74 Å². The number of hydrogen-bond donors (Lipinski definition) is 2. The molecule has 2 aliphatic heterocycles. The van der Waals surface area contributed by atoms with Crippen molar-refractivity contribution >= 4 is 18.0 Å². The highest BCUT2D eigenvalue weighted by Crippen LogP contribution is 2.27. The molecule has 0 unspecified atom stereocenters. The maximum Gasteiger partial charge on any atom is 0.253 e. The molecule has 1 amide bonds. The Morgan fingerprint density at radius 3 is 3.40 bits per heavy atom. The number of ether oxygens (including phenoxy) is 1. The van der Waals surface area contributed by atoms with E-state index in [1.54, 1.807) is 6.08 Å². The minimum absolute atomic E-state index is 0.134. The fourth-order valence-electron chi connectivity index (χ4n) is 1.22. The van der Waals surface area contributed by atoms with E-state index in [9.17, 15) is 4.79 Å². The standard InChI is InChI=1S/C9H11N3O2S/c1-14-6-10-9(13)7-2-3-12-8(4-7)5-11-15-12/h2-5,11H,6H2,1H3,(H,10,13). The molecule has 0 saturated carbocycles. The van der Waals surface area contributed by atoms with Crippen LogP contribution in [0.5, 0.6) is 0 Å². The van der Waals surface area contributed by atoms with E-state index in [-0.39, 0.29) is 12.6 Å². The lowest BCUT2D eigenvalue weighted by Gasteiger charge is -2.16. The van der Waals surface area contributed by atoms with Gasteiger partial charge in [0.25, 0.3) is 5.91 Å². The molecule has 6 heteroatoms. The van der Waals surface area contributed by atoms with Gasteiger partial charge in [-0.2, -0.15) is 0 Å². The molecule has 15 heavy (non-hydrogen) atoms. The SMILES string of the molecule is COCNC(=O)C1=CC2=CNSN2C=C1. The number of amides is 1. The number of allylic oxidation sites excluding steroid dienone is 1. The molecule has 0 aromatic carbocycles. The van der Waals surface area contributed by atoms with E-state index in [0.717, 1.165) is 5.70 Å². The van der Waals surface area contributed by atoms with Gasteiger partial charge in [0.1, 0.15) is 6.73 Å². The van der Waals surface area contributed by atoms with Crippen LogP contribution in [0.3, 0.4) is 0 Å². The highest BCUT2D eigenvalue weighted by atomic mass is 32.2. The summed E-state index contributed by atoms with van der Waals surface area (Å²) in [5.41, 5.74) is 1.59. The molecular formula is C9H11N3O2S. The molecule has 2 heterocycles. The molecule has 0 aromatic rings. The number of methoxy groups -OCH3 is 1. The van der Waals surface area contributed by atoms with Crippen molar-refractivity contribution in [2.45, 2.75) is 0 Å². The Morgan fingerprint density at radius 2 is 2.60 bits per heavy atom. The van der Waals surface area contributed by atoms with E-state index in [1.165, 1.54) is 19.2 Å². The molecule has 0 fully saturated rings. The van der Waals surface area contributed by atoms with Crippen molar-refractivity contribution < 1.29 is 9.53 Å². The van der Waals surface area contributed by atoms with Gasteiger partial charge in [-0.15, -0.1) is 0 Å². The van der Waals surface area contributed by atoms with Crippen molar-refractivity contribution in [1.29, 1.82) is 0 Å². The maximum absolute atomic E-state index is 11.6. The molecular weight excluding hydrogens is 214 g/mol. The zero-order chi connectivity index (χ0) is 10.7. The van der Waals surface area contributed by atoms with Gasteiger partial charge in [-0.05, 0) is 12.2 Å². The van der Waals surface area contributed by atoms with E-state index in [0.29, 0.717) is 5.57 Å². The Bertz CT molecular complexity index is 362. The van der Waals surface area contributed by atoms with Gasteiger partial charge in [0.05, 0.1) is 17.8 Å². The fraction of sp³-hybridized carbons (Fsp3) is 0.222. The number of rotatable bonds is 3. The van der Waals surface area contributed by atoms with Crippen molar-refractivity contribution in [3.05, 3.63) is 35.8 Å². The normalized spacial score (nSPS) is 17.8. The lowest BCUT2D eigenvalue weighted by Crippen LogP contribution is -2.27. The van der Waals surface area contributed by atoms with Crippen LogP contribution < -0.4 is 10.0 Å². The van der Waals surface area contributed by atoms with Crippen LogP contribution in [0.4, 0.5) is 0 Å². The van der Waals surface area contributed by atoms with Crippen molar-refractivity contribution in [3.63, 3.8) is 0 Å². The summed E-state index contributed by atoms with van der Waals surface area (Å²) in [5.74, 6) is -0.134. The largest absolute Gasteiger partial charge is 0.364 e. The Labute approximate surface area is 92.1 Å². The molecule has 80 valence electrons. The number of carbonyl (C=O) groups excluding carboxylic acids is 1. The minimum Gasteiger partial charge on any atom is -0.364 e. The van der Waals surface area contributed by atoms with Crippen LogP contribution in [-0.2, 0) is 9.53 Å². The van der Waals surface area contributed by atoms with Crippen LogP contribution in [0.1, 0.15) is 0 Å². The highest BCUT2D eigenvalue weighted by molar-refractivity contribution is 7.95. The number of carbonyl (C=O) groups is 1. The van der Waals surface area contributed by atoms with Gasteiger partial charge in [-0.1, -0.05) is 0 Å². The monoisotopic (exact) mass is 225 g/mol. The Balaban J connectivity index is 2.04. The average Bonchev–Trinajstić information content (AvgIpc) is 2.72. The molecule has 0 radical (unpaired) electrons. The van der Waals surface area contributed by atoms with Gasteiger partial charge in [0.2, 0.25) is 0 Å². The molecule has 0 saturated heterocycles. The second kappa shape index (κ2) is 4.41. The number of nitrogens with zero attached hydrogens (tertiary/aromatic N) is 1. The summed E-state index contributed by atoms with van der Waals surface area (Å²) in [6.07, 6.45) is 7.27. The second-order valence-electron chi connectivity index (χ2n) is 2.96. The second-order valence-corrected chi connectivity index (χ2v) is 3.77. The summed E-state index contributed by atoms with van der Waals surface area (Å²) in [5, 5.41) is 2.63. The Hall–Kier alpha value is -1.40. The molecule has 0 spiro atoms. The predicted molar refractivity (Wildman–Crippen MR) is 57.9 cm³/mol. The average molecular weight is 225 g/mol. The zero-order valence-electron chi connectivity index (χ0n) is 8.19. The van der Waals surface area contributed by atoms with Crippen LogP contribution >= 0.6 is 12.1 Å². The van der Waals surface area contributed by atoms with Crippen molar-refractivity contribution in [1.82, 2.24) is 14.3 Å². The van der Waals surface area contributed by atoms with Crippen LogP contribution in [0.15, 0.2) is 35.8 Å². The number of nitrogens with one attached hydrogen (secondary N) is 2. The smallest absolute Gasteiger partial charge is 0.253 e. The van der Waals surface area contributed by atoms with Gasteiger partial charge in [0.15, 0.2) is 0 Å². The molecule has 0 aliphatic carbocycles. The first-order valence-corrected chi connectivity index (χ1v) is 5.17. The van der Waals surface area contributed by atoms with E-state index in [2.05, 4.69) is 10.0 Å². The maximum atomic E-state index is 11.6. The summed E-state index contributed by atoms with van der Waals surface area (Å²) in [7, 11) is 1.53. The molecule has 0 bridgehead atoms. The van der Waals surface area contributed by atoms with Crippen LogP contribution in [0.2, 0.25) is 0 Å². The third kappa shape index (κ3) is 2.16. The number of hydrogen-bond acceptors (Lipinski definition) is 5. The molecule has 5 nitrogen and oxygen atoms in total. The summed E-state index contributed by atoms with van der Waals surface area (Å²) < 4.78 is 9.70. The van der Waals surface area contributed by atoms with Crippen molar-refractivity contribution in [2.75, 3.05) is 13.8 Å². The summed E-state index contributed by atoms with van der Waals surface area (Å²) in [6.45, 7) is 0.222. The van der Waals surface area contributed by atoms with Gasteiger partial charge in [-0.25, -0.2) is 0 Å². The van der Waals surface area contributed by atoms with Crippen LogP contribution in [-0.4, -0.2) is 24.1 Å². The van der Waals surface area contributed by atoms with E-state index in [1.807, 2.05) is 22.8 Å². The summed E-state index contributed by atoms with van der Waals surface area (Å²) in [6, 6.07) is 0. The van der Waals surface area contributed by atoms with Gasteiger partial charge < -0.3 is 14.8 Å². The van der Waals surface area contributed by atoms with Gasteiger partial charge >= 0.3 is 0 Å². The van der Waals surface area contributed by atoms with Crippen LogP contribution in [0.25, 0.3) is 0 Å². The van der Waals surface area contributed by atoms with E-state index >= 15 is 0 Å². The Morgan fingerprint density at radius 1 is 1.73 bits per heavy atom. The first-order chi connectivity index (χ1) is 7.31. The third-order valence-electron chi connectivity index (χ3n) is 1.94. The molecule has 0 atom stereocenters. The van der Waals surface area contributed by atoms with Crippen LogP contribution in [0, 0.1) is 0 Å². The Kier molecular flexibility index (Phi) is 2.98. The fourth-order valence-corrected chi connectivity index (χ4v) is 1.84. The molecule has 2 N–H and O–H groups in total. The first-order valence-electron chi connectivity index (χ1n) is 4.40. The molecule has 2 rings (SSSR count). The zero-order valence-corrected chi connectivity index (χ0v) is 9.00. The van der Waals surface area contributed by atoms with Gasteiger partial charge in [0, 0.05) is 25.1 Å². The lowest BCUT2D eigenvalue weighted by molar-refractivity contribution is -0.118. The summed E-state index contributed by atoms with van der Waals surface area (Å²) >= 11 is 1.46. The number of fused-ring (bicyclic) bond motifs is 1. The van der Waals surface area contributed by atoms with Crippen molar-refractivity contribution in [2.24, 2.45) is 0 Å². The predicted octanol–water partition coefficient (Wildman–Crippen LogP) is 0.470. The topological polar surface area (TPSA) is 53.6 Å². The quantitative estimate of drug-likeness (QED) is 0.540.